The minimum Gasteiger partial charge on any atom is -0.375 e. The molecule has 0 radical (unpaired) electrons. The second-order valence-electron chi connectivity index (χ2n) is 5.52. The van der Waals surface area contributed by atoms with Crippen molar-refractivity contribution in [2.24, 2.45) is 0 Å². The molecule has 13 nitrogen and oxygen atoms in total. The van der Waals surface area contributed by atoms with Crippen LogP contribution in [-0.4, -0.2) is 64.4 Å². The average Bonchev–Trinajstić information content (AvgIpc) is 3.09. The number of nitrogens with two attached hydrogens (primary N) is 1. The molecular formula is C11H14N6O7S2. The number of hydrogen-bond donors (Lipinski definition) is 4. The molecular weight excluding hydrogens is 392 g/mol. The Kier molecular flexibility index (Phi) is 4.70. The zero-order valence-electron chi connectivity index (χ0n) is 13.0. The largest absolute Gasteiger partial charge is 0.418 e. The second-order valence-corrected chi connectivity index (χ2v) is 7.42. The topological polar surface area (TPSA) is 184 Å². The predicted octanol–water partition coefficient (Wildman–Crippen LogP) is -1.51. The number of hydrazine groups is 1. The van der Waals surface area contributed by atoms with Gasteiger partial charge in [-0.3, -0.25) is 25.0 Å². The minimum absolute atomic E-state index is 0.0292. The van der Waals surface area contributed by atoms with Gasteiger partial charge in [-0.1, -0.05) is 0 Å². The van der Waals surface area contributed by atoms with E-state index in [0.29, 0.717) is 5.06 Å². The van der Waals surface area contributed by atoms with Gasteiger partial charge in [-0.05, 0) is 12.8 Å². The highest BCUT2D eigenvalue weighted by atomic mass is 32.3. The summed E-state index contributed by atoms with van der Waals surface area (Å²) in [5.74, 6) is -1.34. The number of thiazole rings is 1. The maximum Gasteiger partial charge on any atom is 0.418 e. The number of anilines is 1. The third-order valence-corrected chi connectivity index (χ3v) is 4.88. The maximum absolute atomic E-state index is 12.3. The highest BCUT2D eigenvalue weighted by Crippen LogP contribution is 2.30. The molecule has 142 valence electrons. The lowest BCUT2D eigenvalue weighted by atomic mass is 10.0. The van der Waals surface area contributed by atoms with Crippen LogP contribution in [0.5, 0.6) is 0 Å². The Bertz CT molecular complexity index is 855. The minimum atomic E-state index is -4.86. The van der Waals surface area contributed by atoms with Gasteiger partial charge in [-0.15, -0.1) is 15.6 Å². The van der Waals surface area contributed by atoms with Gasteiger partial charge in [0.1, 0.15) is 11.7 Å². The summed E-state index contributed by atoms with van der Waals surface area (Å²) in [6.45, 7) is 0.0446. The molecule has 2 aliphatic rings. The fraction of sp³-hybridized carbons (Fsp3) is 0.455. The van der Waals surface area contributed by atoms with Crippen LogP contribution in [0.2, 0.25) is 0 Å². The lowest BCUT2D eigenvalue weighted by molar-refractivity contribution is -0.126. The van der Waals surface area contributed by atoms with Gasteiger partial charge < -0.3 is 10.6 Å². The van der Waals surface area contributed by atoms with Gasteiger partial charge in [0.15, 0.2) is 5.13 Å². The molecule has 2 fully saturated rings. The van der Waals surface area contributed by atoms with Gasteiger partial charge in [0, 0.05) is 11.9 Å². The van der Waals surface area contributed by atoms with Crippen LogP contribution in [0.4, 0.5) is 9.93 Å². The Morgan fingerprint density at radius 2 is 2.12 bits per heavy atom. The van der Waals surface area contributed by atoms with Crippen LogP contribution in [0, 0.1) is 0 Å². The molecule has 26 heavy (non-hydrogen) atoms. The zero-order chi connectivity index (χ0) is 19.1. The van der Waals surface area contributed by atoms with E-state index in [2.05, 4.69) is 20.1 Å². The molecule has 2 aliphatic heterocycles. The van der Waals surface area contributed by atoms with Crippen molar-refractivity contribution in [2.45, 2.75) is 24.9 Å². The Balaban J connectivity index is 1.61. The molecule has 1 aromatic heterocycles. The van der Waals surface area contributed by atoms with E-state index in [1.54, 1.807) is 0 Å². The third-order valence-electron chi connectivity index (χ3n) is 3.85. The quantitative estimate of drug-likeness (QED) is 0.341. The van der Waals surface area contributed by atoms with Crippen LogP contribution in [0.25, 0.3) is 0 Å². The predicted molar refractivity (Wildman–Crippen MR) is 85.5 cm³/mol. The van der Waals surface area contributed by atoms with E-state index in [9.17, 15) is 22.8 Å². The first-order valence-electron chi connectivity index (χ1n) is 7.24. The first-order valence-corrected chi connectivity index (χ1v) is 9.48. The fourth-order valence-corrected chi connectivity index (χ4v) is 3.69. The van der Waals surface area contributed by atoms with Crippen molar-refractivity contribution in [3.8, 4) is 0 Å². The molecule has 15 heteroatoms. The number of nitrogens with one attached hydrogen (secondary N) is 2. The summed E-state index contributed by atoms with van der Waals surface area (Å²) in [7, 11) is -4.86. The molecule has 0 spiro atoms. The molecule has 5 N–H and O–H groups in total. The lowest BCUT2D eigenvalue weighted by Crippen LogP contribution is -2.54. The van der Waals surface area contributed by atoms with Crippen molar-refractivity contribution in [2.75, 3.05) is 12.3 Å². The van der Waals surface area contributed by atoms with E-state index in [1.165, 1.54) is 5.38 Å². The van der Waals surface area contributed by atoms with Crippen molar-refractivity contribution in [3.63, 3.8) is 0 Å². The Labute approximate surface area is 151 Å². The van der Waals surface area contributed by atoms with E-state index in [1.807, 2.05) is 0 Å². The third kappa shape index (κ3) is 3.69. The lowest BCUT2D eigenvalue weighted by Gasteiger charge is -2.29. The number of carbonyl (C=O) groups is 3. The molecule has 4 amide bonds. The first-order chi connectivity index (χ1) is 12.2. The summed E-state index contributed by atoms with van der Waals surface area (Å²) in [6, 6.07) is -2.42. The zero-order valence-corrected chi connectivity index (χ0v) is 14.6. The van der Waals surface area contributed by atoms with Gasteiger partial charge in [-0.25, -0.2) is 9.78 Å². The van der Waals surface area contributed by atoms with Crippen molar-refractivity contribution in [3.05, 3.63) is 11.1 Å². The fourth-order valence-electron chi connectivity index (χ4n) is 2.76. The number of hydroxylamine groups is 2. The summed E-state index contributed by atoms with van der Waals surface area (Å²) in [4.78, 5) is 41.2. The van der Waals surface area contributed by atoms with Crippen LogP contribution in [-0.2, 0) is 19.5 Å². The molecule has 2 saturated heterocycles. The van der Waals surface area contributed by atoms with Crippen LogP contribution < -0.4 is 16.6 Å². The molecule has 0 saturated carbocycles. The molecule has 2 bridgehead atoms. The molecule has 2 atom stereocenters. The number of nitrogens with zero attached hydrogens (tertiary/aromatic N) is 3. The number of carbonyl (C=O) groups excluding carboxylic acids is 3. The highest BCUT2D eigenvalue weighted by molar-refractivity contribution is 7.80. The number of nitrogen functional groups attached to an aromatic ring is 1. The van der Waals surface area contributed by atoms with Gasteiger partial charge in [-0.2, -0.15) is 13.5 Å². The van der Waals surface area contributed by atoms with Gasteiger partial charge in [0.2, 0.25) is 0 Å². The van der Waals surface area contributed by atoms with E-state index in [4.69, 9.17) is 10.3 Å². The van der Waals surface area contributed by atoms with Crippen LogP contribution >= 0.6 is 11.3 Å². The van der Waals surface area contributed by atoms with E-state index in [-0.39, 0.29) is 30.2 Å². The van der Waals surface area contributed by atoms with Crippen LogP contribution in [0.15, 0.2) is 5.38 Å². The maximum atomic E-state index is 12.3. The van der Waals surface area contributed by atoms with E-state index < -0.39 is 40.3 Å². The molecule has 1 unspecified atom stereocenters. The van der Waals surface area contributed by atoms with Gasteiger partial charge in [0.05, 0.1) is 6.04 Å². The molecule has 1 aromatic rings. The van der Waals surface area contributed by atoms with Crippen molar-refractivity contribution < 1.29 is 31.6 Å². The van der Waals surface area contributed by atoms with Crippen molar-refractivity contribution in [1.29, 1.82) is 0 Å². The standard InChI is InChI=1S/C11H14N6O7S2/c12-10-13-6(4-25-10)8(18)14-15-9(19)7-2-1-5-3-16(7)11(20)17(5)24-26(21,22)23/h4-5,7H,1-3H2,(H2,12,13)(H,14,18)(H,15,19)(H,21,22,23)/t5?,7-/m0/s1. The number of piperidine rings is 1. The van der Waals surface area contributed by atoms with Gasteiger partial charge in [0.25, 0.3) is 11.8 Å². The second kappa shape index (κ2) is 6.67. The monoisotopic (exact) mass is 406 g/mol. The van der Waals surface area contributed by atoms with E-state index >= 15 is 0 Å². The summed E-state index contributed by atoms with van der Waals surface area (Å²) < 4.78 is 34.7. The van der Waals surface area contributed by atoms with Crippen molar-refractivity contribution >= 4 is 44.7 Å². The van der Waals surface area contributed by atoms with Gasteiger partial charge >= 0.3 is 16.4 Å². The number of rotatable bonds is 4. The van der Waals surface area contributed by atoms with Crippen molar-refractivity contribution in [1.82, 2.24) is 25.8 Å². The number of fused-ring (bicyclic) bond motifs is 2. The van der Waals surface area contributed by atoms with E-state index in [0.717, 1.165) is 16.2 Å². The SMILES string of the molecule is Nc1nc(C(=O)NNC(=O)[C@@H]2CCC3CN2C(=O)N3OS(=O)(=O)O)cs1. The smallest absolute Gasteiger partial charge is 0.375 e. The Morgan fingerprint density at radius 3 is 2.73 bits per heavy atom. The number of urea groups is 1. The normalized spacial score (nSPS) is 22.4. The number of aromatic nitrogens is 1. The Morgan fingerprint density at radius 1 is 1.38 bits per heavy atom. The average molecular weight is 406 g/mol. The molecule has 3 rings (SSSR count). The molecule has 3 heterocycles. The number of hydrogen-bond acceptors (Lipinski definition) is 9. The Hall–Kier alpha value is -2.49. The molecule has 0 aliphatic carbocycles. The summed E-state index contributed by atoms with van der Waals surface area (Å²) in [5, 5.41) is 2.14. The highest BCUT2D eigenvalue weighted by Gasteiger charge is 2.49. The number of amides is 4. The van der Waals surface area contributed by atoms with Crippen LogP contribution in [0.3, 0.4) is 0 Å². The molecule has 0 aromatic carbocycles. The summed E-state index contributed by atoms with van der Waals surface area (Å²) in [5.41, 5.74) is 9.80. The first kappa shape index (κ1) is 18.3. The van der Waals surface area contributed by atoms with Crippen LogP contribution in [0.1, 0.15) is 23.3 Å². The summed E-state index contributed by atoms with van der Waals surface area (Å²) in [6.07, 6.45) is 0.486. The summed E-state index contributed by atoms with van der Waals surface area (Å²) >= 11 is 1.06.